The van der Waals surface area contributed by atoms with Crippen LogP contribution in [0, 0.1) is 5.82 Å². The van der Waals surface area contributed by atoms with Gasteiger partial charge >= 0.3 is 11.8 Å². The third kappa shape index (κ3) is 4.88. The zero-order valence-corrected chi connectivity index (χ0v) is 14.6. The molecule has 2 N–H and O–H groups in total. The Labute approximate surface area is 157 Å². The number of halogens is 2. The van der Waals surface area contributed by atoms with E-state index in [4.69, 9.17) is 16.1 Å². The molecule has 1 aromatic carbocycles. The van der Waals surface area contributed by atoms with Crippen molar-refractivity contribution in [2.24, 2.45) is 0 Å². The Morgan fingerprint density at radius 3 is 2.63 bits per heavy atom. The molecule has 2 aromatic heterocycles. The normalized spacial score (nSPS) is 10.6. The van der Waals surface area contributed by atoms with Crippen molar-refractivity contribution >= 4 is 23.4 Å². The van der Waals surface area contributed by atoms with Crippen LogP contribution in [0.15, 0.2) is 41.2 Å². The van der Waals surface area contributed by atoms with Crippen molar-refractivity contribution in [1.82, 2.24) is 30.6 Å². The van der Waals surface area contributed by atoms with E-state index in [1.807, 2.05) is 0 Å². The Morgan fingerprint density at radius 1 is 1.19 bits per heavy atom. The van der Waals surface area contributed by atoms with E-state index in [-0.39, 0.29) is 36.9 Å². The summed E-state index contributed by atoms with van der Waals surface area (Å²) in [6, 6.07) is 5.62. The summed E-state index contributed by atoms with van der Waals surface area (Å²) in [5, 5.41) is 13.1. The molecule has 9 nitrogen and oxygen atoms in total. The van der Waals surface area contributed by atoms with Crippen LogP contribution < -0.4 is 10.6 Å². The summed E-state index contributed by atoms with van der Waals surface area (Å²) >= 11 is 5.76. The van der Waals surface area contributed by atoms with Gasteiger partial charge in [0.15, 0.2) is 5.82 Å². The van der Waals surface area contributed by atoms with Crippen LogP contribution >= 0.6 is 11.6 Å². The van der Waals surface area contributed by atoms with Gasteiger partial charge in [-0.05, 0) is 12.1 Å². The van der Waals surface area contributed by atoms with Crippen LogP contribution in [0.2, 0.25) is 5.02 Å². The van der Waals surface area contributed by atoms with Gasteiger partial charge in [0.25, 0.3) is 5.91 Å². The molecule has 2 amide bonds. The van der Waals surface area contributed by atoms with E-state index in [0.717, 1.165) is 0 Å². The van der Waals surface area contributed by atoms with E-state index >= 15 is 0 Å². The molecule has 11 heteroatoms. The van der Waals surface area contributed by atoms with Crippen molar-refractivity contribution in [1.29, 1.82) is 0 Å². The summed E-state index contributed by atoms with van der Waals surface area (Å²) in [5.74, 6) is -1.74. The zero-order chi connectivity index (χ0) is 19.2. The largest absolute Gasteiger partial charge is 0.350 e. The molecule has 0 saturated carbocycles. The minimum Gasteiger partial charge on any atom is -0.350 e. The number of hydrogen-bond acceptors (Lipinski definition) is 6. The van der Waals surface area contributed by atoms with Crippen molar-refractivity contribution < 1.29 is 18.5 Å². The lowest BCUT2D eigenvalue weighted by atomic mass is 10.2. The fraction of sp³-hybridized carbons (Fsp3) is 0.188. The quantitative estimate of drug-likeness (QED) is 0.585. The summed E-state index contributed by atoms with van der Waals surface area (Å²) in [6.45, 7) is 0.402. The Bertz CT molecular complexity index is 957. The predicted molar refractivity (Wildman–Crippen MR) is 91.7 cm³/mol. The molecule has 0 unspecified atom stereocenters. The van der Waals surface area contributed by atoms with E-state index in [1.165, 1.54) is 29.1 Å². The van der Waals surface area contributed by atoms with Crippen LogP contribution in [0.4, 0.5) is 4.39 Å². The number of amides is 2. The van der Waals surface area contributed by atoms with Crippen molar-refractivity contribution in [3.8, 4) is 0 Å². The van der Waals surface area contributed by atoms with Crippen molar-refractivity contribution in [3.63, 3.8) is 0 Å². The van der Waals surface area contributed by atoms with Crippen molar-refractivity contribution in [3.05, 3.63) is 64.8 Å². The second-order valence-electron chi connectivity index (χ2n) is 5.36. The average Bonchev–Trinajstić information content (AvgIpc) is 3.28. The van der Waals surface area contributed by atoms with Crippen LogP contribution in [-0.2, 0) is 6.54 Å². The maximum atomic E-state index is 13.5. The molecule has 140 valence electrons. The summed E-state index contributed by atoms with van der Waals surface area (Å²) in [7, 11) is 0. The molecule has 0 aliphatic rings. The van der Waals surface area contributed by atoms with Gasteiger partial charge < -0.3 is 15.2 Å². The first-order valence-electron chi connectivity index (χ1n) is 7.84. The highest BCUT2D eigenvalue weighted by atomic mass is 35.5. The van der Waals surface area contributed by atoms with Gasteiger partial charge in [-0.1, -0.05) is 28.9 Å². The molecule has 2 heterocycles. The van der Waals surface area contributed by atoms with Gasteiger partial charge in [-0.3, -0.25) is 14.3 Å². The molecule has 0 spiro atoms. The van der Waals surface area contributed by atoms with E-state index < -0.39 is 17.6 Å². The molecule has 3 rings (SSSR count). The van der Waals surface area contributed by atoms with E-state index in [2.05, 4.69) is 25.9 Å². The number of benzene rings is 1. The van der Waals surface area contributed by atoms with Crippen molar-refractivity contribution in [2.45, 2.75) is 6.54 Å². The number of nitrogens with zero attached hydrogens (tertiary/aromatic N) is 4. The molecule has 0 aliphatic heterocycles. The maximum Gasteiger partial charge on any atom is 0.316 e. The first-order chi connectivity index (χ1) is 13.0. The second kappa shape index (κ2) is 8.41. The fourth-order valence-electron chi connectivity index (χ4n) is 2.15. The van der Waals surface area contributed by atoms with Crippen molar-refractivity contribution in [2.75, 3.05) is 13.1 Å². The standard InChI is InChI=1S/C16H14ClFN6O3/c17-10-7-21-24(8-10)9-13-22-16(27-23-13)15(26)20-6-5-19-14(25)11-3-1-2-4-12(11)18/h1-4,7-8H,5-6,9H2,(H,19,25)(H,20,26). The van der Waals surface area contributed by atoms with Gasteiger partial charge in [0.2, 0.25) is 0 Å². The fourth-order valence-corrected chi connectivity index (χ4v) is 2.30. The minimum atomic E-state index is -0.615. The smallest absolute Gasteiger partial charge is 0.316 e. The van der Waals surface area contributed by atoms with Gasteiger partial charge in [-0.25, -0.2) is 4.39 Å². The number of aromatic nitrogens is 4. The van der Waals surface area contributed by atoms with E-state index in [9.17, 15) is 14.0 Å². The highest BCUT2D eigenvalue weighted by Crippen LogP contribution is 2.07. The van der Waals surface area contributed by atoms with Crippen LogP contribution in [0.5, 0.6) is 0 Å². The molecule has 0 aliphatic carbocycles. The number of carbonyl (C=O) groups is 2. The summed E-state index contributed by atoms with van der Waals surface area (Å²) in [5.41, 5.74) is -0.0657. The van der Waals surface area contributed by atoms with Gasteiger partial charge in [0.1, 0.15) is 12.4 Å². The first kappa shape index (κ1) is 18.5. The van der Waals surface area contributed by atoms with Gasteiger partial charge in [0.05, 0.1) is 16.8 Å². The molecular weight excluding hydrogens is 379 g/mol. The van der Waals surface area contributed by atoms with Crippen LogP contribution in [-0.4, -0.2) is 44.8 Å². The molecule has 0 atom stereocenters. The summed E-state index contributed by atoms with van der Waals surface area (Å²) < 4.78 is 19.9. The van der Waals surface area contributed by atoms with E-state index in [0.29, 0.717) is 5.02 Å². The van der Waals surface area contributed by atoms with Crippen LogP contribution in [0.1, 0.15) is 26.9 Å². The SMILES string of the molecule is O=C(NCCNC(=O)c1ccccc1F)c1nc(Cn2cc(Cl)cn2)no1. The van der Waals surface area contributed by atoms with Gasteiger partial charge in [-0.15, -0.1) is 0 Å². The molecule has 0 saturated heterocycles. The lowest BCUT2D eigenvalue weighted by Crippen LogP contribution is -2.35. The van der Waals surface area contributed by atoms with Gasteiger partial charge in [0, 0.05) is 19.3 Å². The Morgan fingerprint density at radius 2 is 1.93 bits per heavy atom. The topological polar surface area (TPSA) is 115 Å². The number of carbonyl (C=O) groups excluding carboxylic acids is 2. The third-order valence-corrected chi connectivity index (χ3v) is 3.58. The molecule has 27 heavy (non-hydrogen) atoms. The predicted octanol–water partition coefficient (Wildman–Crippen LogP) is 1.27. The Kier molecular flexibility index (Phi) is 5.77. The maximum absolute atomic E-state index is 13.5. The molecule has 3 aromatic rings. The van der Waals surface area contributed by atoms with Gasteiger partial charge in [-0.2, -0.15) is 10.1 Å². The molecule has 0 fully saturated rings. The lowest BCUT2D eigenvalue weighted by Gasteiger charge is -2.06. The molecule has 0 bridgehead atoms. The molecular formula is C16H14ClFN6O3. The number of nitrogens with one attached hydrogen (secondary N) is 2. The Balaban J connectivity index is 1.44. The number of hydrogen-bond donors (Lipinski definition) is 2. The summed E-state index contributed by atoms with van der Waals surface area (Å²) in [6.07, 6.45) is 3.04. The third-order valence-electron chi connectivity index (χ3n) is 3.38. The van der Waals surface area contributed by atoms with Crippen LogP contribution in [0.25, 0.3) is 0 Å². The lowest BCUT2D eigenvalue weighted by molar-refractivity contribution is 0.0897. The monoisotopic (exact) mass is 392 g/mol. The first-order valence-corrected chi connectivity index (χ1v) is 8.22. The number of rotatable bonds is 7. The molecule has 0 radical (unpaired) electrons. The second-order valence-corrected chi connectivity index (χ2v) is 5.80. The zero-order valence-electron chi connectivity index (χ0n) is 13.9. The summed E-state index contributed by atoms with van der Waals surface area (Å²) in [4.78, 5) is 27.8. The minimum absolute atomic E-state index is 0.0657. The van der Waals surface area contributed by atoms with E-state index in [1.54, 1.807) is 12.3 Å². The average molecular weight is 393 g/mol. The highest BCUT2D eigenvalue weighted by Gasteiger charge is 2.15. The highest BCUT2D eigenvalue weighted by molar-refractivity contribution is 6.30. The Hall–Kier alpha value is -3.27. The van der Waals surface area contributed by atoms with Crippen LogP contribution in [0.3, 0.4) is 0 Å².